The molecule has 0 atom stereocenters. The highest BCUT2D eigenvalue weighted by molar-refractivity contribution is 7.80. The maximum Gasteiger partial charge on any atom is 0.416 e. The fourth-order valence-corrected chi connectivity index (χ4v) is 0.954. The molecular formula is C8H6F3S. The zero-order valence-corrected chi connectivity index (χ0v) is 6.91. The van der Waals surface area contributed by atoms with Crippen molar-refractivity contribution in [2.75, 3.05) is 0 Å². The first-order valence-electron chi connectivity index (χ1n) is 3.13. The molecule has 0 aliphatic carbocycles. The molecule has 1 radical (unpaired) electrons. The highest BCUT2D eigenvalue weighted by Gasteiger charge is 2.30. The van der Waals surface area contributed by atoms with E-state index in [2.05, 4.69) is 19.6 Å². The number of rotatable bonds is 0. The van der Waals surface area contributed by atoms with E-state index in [0.717, 1.165) is 12.1 Å². The fraction of sp³-hybridized carbons (Fsp3) is 0.125. The Morgan fingerprint density at radius 2 is 1.83 bits per heavy atom. The summed E-state index contributed by atoms with van der Waals surface area (Å²) in [6.07, 6.45) is -4.30. The molecular weight excluding hydrogens is 185 g/mol. The summed E-state index contributed by atoms with van der Waals surface area (Å²) in [6.45, 7) is 3.50. The van der Waals surface area contributed by atoms with Crippen molar-refractivity contribution >= 4 is 12.6 Å². The largest absolute Gasteiger partial charge is 0.416 e. The molecule has 0 unspecified atom stereocenters. The van der Waals surface area contributed by atoms with E-state index in [-0.39, 0.29) is 4.90 Å². The minimum Gasteiger partial charge on any atom is -0.166 e. The summed E-state index contributed by atoms with van der Waals surface area (Å²) in [7, 11) is 0. The van der Waals surface area contributed by atoms with Gasteiger partial charge in [-0.25, -0.2) is 0 Å². The van der Waals surface area contributed by atoms with Crippen LogP contribution in [0, 0.1) is 6.92 Å². The Hall–Kier alpha value is -0.640. The molecule has 0 amide bonds. The molecule has 65 valence electrons. The van der Waals surface area contributed by atoms with Crippen LogP contribution in [0.2, 0.25) is 0 Å². The van der Waals surface area contributed by atoms with Crippen LogP contribution in [0.25, 0.3) is 0 Å². The quantitative estimate of drug-likeness (QED) is 0.598. The van der Waals surface area contributed by atoms with Gasteiger partial charge in [-0.15, -0.1) is 12.6 Å². The molecule has 1 aromatic carbocycles. The van der Waals surface area contributed by atoms with Gasteiger partial charge in [0.05, 0.1) is 5.56 Å². The first-order valence-corrected chi connectivity index (χ1v) is 3.58. The molecule has 4 heteroatoms. The SMILES string of the molecule is [CH2]c1ccc(C(F)(F)F)cc1S. The van der Waals surface area contributed by atoms with E-state index in [1.165, 1.54) is 6.07 Å². The second-order valence-electron chi connectivity index (χ2n) is 2.34. The Balaban J connectivity index is 3.14. The van der Waals surface area contributed by atoms with Gasteiger partial charge in [0.1, 0.15) is 0 Å². The molecule has 1 rings (SSSR count). The molecule has 0 heterocycles. The van der Waals surface area contributed by atoms with Crippen LogP contribution < -0.4 is 0 Å². The summed E-state index contributed by atoms with van der Waals surface area (Å²) in [5.74, 6) is 0. The molecule has 0 aliphatic heterocycles. The molecule has 1 aromatic rings. The van der Waals surface area contributed by atoms with E-state index in [0.29, 0.717) is 5.56 Å². The Kier molecular flexibility index (Phi) is 2.37. The smallest absolute Gasteiger partial charge is 0.166 e. The molecule has 0 aromatic heterocycles. The lowest BCUT2D eigenvalue weighted by molar-refractivity contribution is -0.137. The molecule has 0 spiro atoms. The van der Waals surface area contributed by atoms with Crippen LogP contribution in [0.5, 0.6) is 0 Å². The van der Waals surface area contributed by atoms with Crippen LogP contribution in [0.4, 0.5) is 13.2 Å². The van der Waals surface area contributed by atoms with Gasteiger partial charge in [0.15, 0.2) is 0 Å². The van der Waals surface area contributed by atoms with Gasteiger partial charge in [-0.1, -0.05) is 6.07 Å². The molecule has 0 bridgehead atoms. The van der Waals surface area contributed by atoms with Crippen molar-refractivity contribution in [1.82, 2.24) is 0 Å². The highest BCUT2D eigenvalue weighted by atomic mass is 32.1. The van der Waals surface area contributed by atoms with Crippen LogP contribution >= 0.6 is 12.6 Å². The van der Waals surface area contributed by atoms with Crippen molar-refractivity contribution in [2.45, 2.75) is 11.1 Å². The number of hydrogen-bond acceptors (Lipinski definition) is 1. The molecule has 0 saturated carbocycles. The Labute approximate surface area is 73.8 Å². The maximum absolute atomic E-state index is 12.0. The van der Waals surface area contributed by atoms with Crippen molar-refractivity contribution in [3.63, 3.8) is 0 Å². The van der Waals surface area contributed by atoms with E-state index >= 15 is 0 Å². The van der Waals surface area contributed by atoms with Crippen molar-refractivity contribution in [2.24, 2.45) is 0 Å². The number of alkyl halides is 3. The Bertz CT molecular complexity index is 291. The van der Waals surface area contributed by atoms with Gasteiger partial charge in [-0.2, -0.15) is 13.2 Å². The summed E-state index contributed by atoms with van der Waals surface area (Å²) >= 11 is 3.84. The third kappa shape index (κ3) is 1.94. The lowest BCUT2D eigenvalue weighted by Crippen LogP contribution is -2.04. The topological polar surface area (TPSA) is 0 Å². The zero-order chi connectivity index (χ0) is 9.35. The first-order chi connectivity index (χ1) is 5.41. The summed E-state index contributed by atoms with van der Waals surface area (Å²) < 4.78 is 36.1. The predicted octanol–water partition coefficient (Wildman–Crippen LogP) is 3.18. The van der Waals surface area contributed by atoms with Crippen molar-refractivity contribution < 1.29 is 13.2 Å². The molecule has 0 saturated heterocycles. The van der Waals surface area contributed by atoms with Gasteiger partial charge in [-0.05, 0) is 24.6 Å². The summed E-state index contributed by atoms with van der Waals surface area (Å²) in [4.78, 5) is 0.254. The van der Waals surface area contributed by atoms with Crippen LogP contribution in [0.1, 0.15) is 11.1 Å². The third-order valence-corrected chi connectivity index (χ3v) is 1.83. The number of halogens is 3. The van der Waals surface area contributed by atoms with E-state index in [1.54, 1.807) is 0 Å². The minimum atomic E-state index is -4.30. The third-order valence-electron chi connectivity index (χ3n) is 1.41. The van der Waals surface area contributed by atoms with Crippen LogP contribution in [-0.4, -0.2) is 0 Å². The average molecular weight is 191 g/mol. The lowest BCUT2D eigenvalue weighted by atomic mass is 10.1. The lowest BCUT2D eigenvalue weighted by Gasteiger charge is -2.07. The second kappa shape index (κ2) is 3.01. The molecule has 0 N–H and O–H groups in total. The van der Waals surface area contributed by atoms with E-state index in [4.69, 9.17) is 0 Å². The Morgan fingerprint density at radius 1 is 1.25 bits per heavy atom. The number of hydrogen-bond donors (Lipinski definition) is 1. The average Bonchev–Trinajstić information content (AvgIpc) is 1.92. The number of thiol groups is 1. The first kappa shape index (κ1) is 9.45. The zero-order valence-electron chi connectivity index (χ0n) is 6.02. The van der Waals surface area contributed by atoms with E-state index < -0.39 is 11.7 Å². The maximum atomic E-state index is 12.0. The minimum absolute atomic E-state index is 0.254. The fourth-order valence-electron chi connectivity index (χ4n) is 0.740. The molecule has 0 fully saturated rings. The van der Waals surface area contributed by atoms with Crippen molar-refractivity contribution in [3.8, 4) is 0 Å². The summed E-state index contributed by atoms with van der Waals surface area (Å²) in [6, 6.07) is 3.25. The van der Waals surface area contributed by atoms with Crippen molar-refractivity contribution in [3.05, 3.63) is 36.2 Å². The predicted molar refractivity (Wildman–Crippen MR) is 43.2 cm³/mol. The van der Waals surface area contributed by atoms with Gasteiger partial charge in [0.2, 0.25) is 0 Å². The van der Waals surface area contributed by atoms with Crippen LogP contribution in [-0.2, 0) is 6.18 Å². The molecule has 12 heavy (non-hydrogen) atoms. The van der Waals surface area contributed by atoms with E-state index in [1.807, 2.05) is 0 Å². The molecule has 0 aliphatic rings. The standard InChI is InChI=1S/C8H6F3S/c1-5-2-3-6(4-7(5)12)8(9,10)11/h2-4,12H,1H2. The Morgan fingerprint density at radius 3 is 2.25 bits per heavy atom. The van der Waals surface area contributed by atoms with Gasteiger partial charge in [-0.3, -0.25) is 0 Å². The molecule has 0 nitrogen and oxygen atoms in total. The van der Waals surface area contributed by atoms with Crippen LogP contribution in [0.3, 0.4) is 0 Å². The van der Waals surface area contributed by atoms with Gasteiger partial charge >= 0.3 is 6.18 Å². The number of benzene rings is 1. The summed E-state index contributed by atoms with van der Waals surface area (Å²) in [5.41, 5.74) is -0.203. The van der Waals surface area contributed by atoms with Gasteiger partial charge < -0.3 is 0 Å². The van der Waals surface area contributed by atoms with E-state index in [9.17, 15) is 13.2 Å². The van der Waals surface area contributed by atoms with Gasteiger partial charge in [0.25, 0.3) is 0 Å². The van der Waals surface area contributed by atoms with Gasteiger partial charge in [0, 0.05) is 4.90 Å². The van der Waals surface area contributed by atoms with Crippen LogP contribution in [0.15, 0.2) is 23.1 Å². The van der Waals surface area contributed by atoms with Crippen molar-refractivity contribution in [1.29, 1.82) is 0 Å². The summed E-state index contributed by atoms with van der Waals surface area (Å²) in [5, 5.41) is 0. The second-order valence-corrected chi connectivity index (χ2v) is 2.82. The monoisotopic (exact) mass is 191 g/mol. The highest BCUT2D eigenvalue weighted by Crippen LogP contribution is 2.31. The normalized spacial score (nSPS) is 11.8.